The number of likely N-dealkylation sites (tertiary alicyclic amines) is 1. The van der Waals surface area contributed by atoms with Crippen molar-refractivity contribution in [2.24, 2.45) is 0 Å². The minimum absolute atomic E-state index is 0.295. The maximum absolute atomic E-state index is 12.3. The molecule has 0 bridgehead atoms. The summed E-state index contributed by atoms with van der Waals surface area (Å²) < 4.78 is 1.99. The van der Waals surface area contributed by atoms with Gasteiger partial charge in [0.25, 0.3) is 0 Å². The lowest BCUT2D eigenvalue weighted by atomic mass is 10.0. The summed E-state index contributed by atoms with van der Waals surface area (Å²) in [5, 5.41) is 6.40. The van der Waals surface area contributed by atoms with Gasteiger partial charge in [-0.1, -0.05) is 6.07 Å². The van der Waals surface area contributed by atoms with Crippen LogP contribution in [0.5, 0.6) is 0 Å². The van der Waals surface area contributed by atoms with Gasteiger partial charge in [-0.05, 0) is 43.2 Å². The summed E-state index contributed by atoms with van der Waals surface area (Å²) in [4.78, 5) is 15.7. The average molecular weight is 303 g/mol. The van der Waals surface area contributed by atoms with E-state index in [0.29, 0.717) is 18.4 Å². The Hall–Kier alpha value is -1.62. The fraction of sp³-hybridized carbons (Fsp3) is 0.500. The van der Waals surface area contributed by atoms with Crippen LogP contribution in [0.3, 0.4) is 0 Å². The molecule has 0 unspecified atom stereocenters. The minimum atomic E-state index is 0.295. The van der Waals surface area contributed by atoms with Gasteiger partial charge in [0.15, 0.2) is 0 Å². The first kappa shape index (κ1) is 14.3. The Morgan fingerprint density at radius 2 is 2.38 bits per heavy atom. The van der Waals surface area contributed by atoms with E-state index in [0.717, 1.165) is 38.8 Å². The van der Waals surface area contributed by atoms with Gasteiger partial charge in [-0.3, -0.25) is 9.48 Å². The molecule has 0 aliphatic carbocycles. The predicted octanol–water partition coefficient (Wildman–Crippen LogP) is 3.13. The number of thiophene rings is 1. The SMILES string of the molecule is O=C(CCCc1cccs1)N1CCC[C@H](n2cccn2)C1. The van der Waals surface area contributed by atoms with Crippen LogP contribution in [-0.2, 0) is 11.2 Å². The highest BCUT2D eigenvalue weighted by atomic mass is 32.1. The number of aryl methyl sites for hydroxylation is 1. The number of nitrogens with zero attached hydrogens (tertiary/aromatic N) is 3. The van der Waals surface area contributed by atoms with Crippen LogP contribution in [0, 0.1) is 0 Å². The molecule has 1 aliphatic heterocycles. The maximum atomic E-state index is 12.3. The van der Waals surface area contributed by atoms with Gasteiger partial charge in [-0.25, -0.2) is 0 Å². The normalized spacial score (nSPS) is 18.9. The molecule has 0 N–H and O–H groups in total. The molecule has 3 heterocycles. The third-order valence-corrected chi connectivity index (χ3v) is 4.98. The molecule has 3 rings (SSSR count). The number of carbonyl (C=O) groups excluding carboxylic acids is 1. The first-order chi connectivity index (χ1) is 10.3. The highest BCUT2D eigenvalue weighted by Crippen LogP contribution is 2.21. The number of hydrogen-bond acceptors (Lipinski definition) is 3. The molecule has 1 saturated heterocycles. The topological polar surface area (TPSA) is 38.1 Å². The van der Waals surface area contributed by atoms with Gasteiger partial charge < -0.3 is 4.90 Å². The first-order valence-corrected chi connectivity index (χ1v) is 8.50. The molecule has 0 radical (unpaired) electrons. The Bertz CT molecular complexity index is 550. The zero-order valence-corrected chi connectivity index (χ0v) is 13.0. The van der Waals surface area contributed by atoms with E-state index < -0.39 is 0 Å². The van der Waals surface area contributed by atoms with E-state index >= 15 is 0 Å². The van der Waals surface area contributed by atoms with Crippen molar-refractivity contribution in [1.82, 2.24) is 14.7 Å². The van der Waals surface area contributed by atoms with Crippen molar-refractivity contribution in [3.63, 3.8) is 0 Å². The van der Waals surface area contributed by atoms with Gasteiger partial charge in [0.1, 0.15) is 0 Å². The Balaban J connectivity index is 1.48. The monoisotopic (exact) mass is 303 g/mol. The van der Waals surface area contributed by atoms with Crippen LogP contribution in [0.2, 0.25) is 0 Å². The fourth-order valence-electron chi connectivity index (χ4n) is 2.92. The van der Waals surface area contributed by atoms with Crippen LogP contribution >= 0.6 is 11.3 Å². The second-order valence-electron chi connectivity index (χ2n) is 5.55. The maximum Gasteiger partial charge on any atom is 0.222 e. The number of carbonyl (C=O) groups is 1. The molecule has 1 fully saturated rings. The van der Waals surface area contributed by atoms with Crippen LogP contribution in [0.25, 0.3) is 0 Å². The van der Waals surface area contributed by atoms with Gasteiger partial charge in [0.2, 0.25) is 5.91 Å². The van der Waals surface area contributed by atoms with Crippen molar-refractivity contribution >= 4 is 17.2 Å². The van der Waals surface area contributed by atoms with Crippen molar-refractivity contribution < 1.29 is 4.79 Å². The molecule has 0 spiro atoms. The molecule has 1 atom stereocenters. The minimum Gasteiger partial charge on any atom is -0.341 e. The van der Waals surface area contributed by atoms with E-state index in [1.807, 2.05) is 28.0 Å². The van der Waals surface area contributed by atoms with Crippen molar-refractivity contribution in [1.29, 1.82) is 0 Å². The number of hydrogen-bond donors (Lipinski definition) is 0. The molecule has 5 heteroatoms. The number of piperidine rings is 1. The lowest BCUT2D eigenvalue weighted by Gasteiger charge is -2.33. The Labute approximate surface area is 129 Å². The van der Waals surface area contributed by atoms with E-state index in [9.17, 15) is 4.79 Å². The van der Waals surface area contributed by atoms with Gasteiger partial charge >= 0.3 is 0 Å². The molecule has 1 aliphatic rings. The smallest absolute Gasteiger partial charge is 0.222 e. The second kappa shape index (κ2) is 6.89. The lowest BCUT2D eigenvalue weighted by molar-refractivity contribution is -0.133. The van der Waals surface area contributed by atoms with Gasteiger partial charge in [0.05, 0.1) is 6.04 Å². The standard InChI is InChI=1S/C16H21N3OS/c20-16(8-1-6-15-7-3-12-21-15)18-10-2-5-14(13-18)19-11-4-9-17-19/h3-4,7,9,11-12,14H,1-2,5-6,8,10,13H2/t14-/m0/s1. The van der Waals surface area contributed by atoms with Crippen LogP contribution in [-0.4, -0.2) is 33.7 Å². The largest absolute Gasteiger partial charge is 0.341 e. The first-order valence-electron chi connectivity index (χ1n) is 7.62. The van der Waals surface area contributed by atoms with Crippen molar-refractivity contribution in [2.45, 2.75) is 38.1 Å². The van der Waals surface area contributed by atoms with Gasteiger partial charge in [-0.15, -0.1) is 11.3 Å². The third-order valence-electron chi connectivity index (χ3n) is 4.04. The molecule has 4 nitrogen and oxygen atoms in total. The molecular weight excluding hydrogens is 282 g/mol. The van der Waals surface area contributed by atoms with Gasteiger partial charge in [-0.2, -0.15) is 5.10 Å². The summed E-state index contributed by atoms with van der Waals surface area (Å²) in [6.07, 6.45) is 8.60. The van der Waals surface area contributed by atoms with Crippen LogP contribution in [0.15, 0.2) is 36.0 Å². The average Bonchev–Trinajstić information content (AvgIpc) is 3.21. The van der Waals surface area contributed by atoms with Crippen molar-refractivity contribution in [3.05, 3.63) is 40.8 Å². The molecule has 1 amide bonds. The number of amides is 1. The number of aromatic nitrogens is 2. The van der Waals surface area contributed by atoms with Crippen LogP contribution in [0.1, 0.15) is 36.6 Å². The van der Waals surface area contributed by atoms with E-state index in [2.05, 4.69) is 22.6 Å². The van der Waals surface area contributed by atoms with Crippen molar-refractivity contribution in [2.75, 3.05) is 13.1 Å². The number of rotatable bonds is 5. The summed E-state index contributed by atoms with van der Waals surface area (Å²) in [5.74, 6) is 0.295. The molecular formula is C16H21N3OS. The van der Waals surface area contributed by atoms with Crippen LogP contribution < -0.4 is 0 Å². The highest BCUT2D eigenvalue weighted by Gasteiger charge is 2.24. The van der Waals surface area contributed by atoms with Crippen molar-refractivity contribution in [3.8, 4) is 0 Å². The molecule has 2 aromatic rings. The summed E-state index contributed by atoms with van der Waals surface area (Å²) in [6, 6.07) is 6.50. The van der Waals surface area contributed by atoms with E-state index in [1.165, 1.54) is 4.88 Å². The Morgan fingerprint density at radius 1 is 1.43 bits per heavy atom. The molecule has 0 saturated carbocycles. The highest BCUT2D eigenvalue weighted by molar-refractivity contribution is 7.09. The van der Waals surface area contributed by atoms with Crippen LogP contribution in [0.4, 0.5) is 0 Å². The van der Waals surface area contributed by atoms with Gasteiger partial charge in [0, 0.05) is 36.8 Å². The second-order valence-corrected chi connectivity index (χ2v) is 6.59. The zero-order valence-electron chi connectivity index (χ0n) is 12.1. The Kier molecular flexibility index (Phi) is 4.70. The van der Waals surface area contributed by atoms with E-state index in [1.54, 1.807) is 11.3 Å². The van der Waals surface area contributed by atoms with E-state index in [4.69, 9.17) is 0 Å². The molecule has 0 aromatic carbocycles. The Morgan fingerprint density at radius 3 is 3.14 bits per heavy atom. The molecule has 2 aromatic heterocycles. The zero-order chi connectivity index (χ0) is 14.5. The predicted molar refractivity (Wildman–Crippen MR) is 84.3 cm³/mol. The molecule has 112 valence electrons. The summed E-state index contributed by atoms with van der Waals surface area (Å²) >= 11 is 1.77. The quantitative estimate of drug-likeness (QED) is 0.851. The third kappa shape index (κ3) is 3.73. The fourth-order valence-corrected chi connectivity index (χ4v) is 3.67. The summed E-state index contributed by atoms with van der Waals surface area (Å²) in [7, 11) is 0. The molecule has 21 heavy (non-hydrogen) atoms. The summed E-state index contributed by atoms with van der Waals surface area (Å²) in [6.45, 7) is 1.70. The lowest BCUT2D eigenvalue weighted by Crippen LogP contribution is -2.40. The van der Waals surface area contributed by atoms with E-state index in [-0.39, 0.29) is 0 Å². The summed E-state index contributed by atoms with van der Waals surface area (Å²) in [5.41, 5.74) is 0.